The van der Waals surface area contributed by atoms with Crippen LogP contribution in [0.1, 0.15) is 18.2 Å². The molecule has 0 atom stereocenters. The number of H-pyrrole nitrogens is 2. The fourth-order valence-electron chi connectivity index (χ4n) is 4.76. The Morgan fingerprint density at radius 1 is 0.925 bits per heavy atom. The Labute approximate surface area is 232 Å². The van der Waals surface area contributed by atoms with Gasteiger partial charge in [-0.25, -0.2) is 9.97 Å². The highest BCUT2D eigenvalue weighted by Gasteiger charge is 2.17. The predicted octanol–water partition coefficient (Wildman–Crippen LogP) is 6.87. The van der Waals surface area contributed by atoms with E-state index < -0.39 is 0 Å². The first-order valence-electron chi connectivity index (χ1n) is 13.2. The quantitative estimate of drug-likeness (QED) is 0.180. The topological polar surface area (TPSA) is 95.2 Å². The van der Waals surface area contributed by atoms with E-state index in [1.54, 1.807) is 6.20 Å². The number of hydrogen-bond acceptors (Lipinski definition) is 5. The Kier molecular flexibility index (Phi) is 7.11. The van der Waals surface area contributed by atoms with E-state index in [0.29, 0.717) is 18.1 Å². The van der Waals surface area contributed by atoms with Crippen molar-refractivity contribution in [2.24, 2.45) is 0 Å². The molecule has 6 aromatic rings. The van der Waals surface area contributed by atoms with E-state index in [1.807, 2.05) is 61.7 Å². The molecule has 0 unspecified atom stereocenters. The first-order valence-corrected chi connectivity index (χ1v) is 13.2. The molecule has 0 saturated carbocycles. The zero-order valence-corrected chi connectivity index (χ0v) is 22.2. The van der Waals surface area contributed by atoms with Gasteiger partial charge in [0.05, 0.1) is 22.2 Å². The summed E-state index contributed by atoms with van der Waals surface area (Å²) in [6, 6.07) is 24.4. The van der Waals surface area contributed by atoms with Crippen molar-refractivity contribution < 1.29 is 0 Å². The minimum absolute atomic E-state index is 0.664. The van der Waals surface area contributed by atoms with Crippen LogP contribution in [0.4, 0.5) is 0 Å². The first-order chi connectivity index (χ1) is 19.7. The molecular formula is C33H29N7. The Balaban J connectivity index is 1.31. The second kappa shape index (κ2) is 11.3. The molecule has 4 aromatic heterocycles. The molecule has 4 heterocycles. The molecule has 6 rings (SSSR count). The predicted molar refractivity (Wildman–Crippen MR) is 162 cm³/mol. The molecule has 0 amide bonds. The number of allylic oxidation sites excluding steroid dienone is 3. The van der Waals surface area contributed by atoms with Crippen LogP contribution in [0.3, 0.4) is 0 Å². The van der Waals surface area contributed by atoms with Gasteiger partial charge < -0.3 is 10.3 Å². The van der Waals surface area contributed by atoms with E-state index in [1.165, 1.54) is 5.56 Å². The lowest BCUT2D eigenvalue weighted by Crippen LogP contribution is -2.16. The van der Waals surface area contributed by atoms with Crippen molar-refractivity contribution in [2.75, 3.05) is 6.54 Å². The number of nitrogens with zero attached hydrogens (tertiary/aromatic N) is 4. The van der Waals surface area contributed by atoms with Gasteiger partial charge >= 0.3 is 0 Å². The smallest absolute Gasteiger partial charge is 0.161 e. The van der Waals surface area contributed by atoms with Gasteiger partial charge in [-0.1, -0.05) is 67.3 Å². The van der Waals surface area contributed by atoms with E-state index in [-0.39, 0.29) is 0 Å². The summed E-state index contributed by atoms with van der Waals surface area (Å²) in [7, 11) is 0. The van der Waals surface area contributed by atoms with Gasteiger partial charge in [0, 0.05) is 36.6 Å². The molecule has 7 heteroatoms. The molecule has 0 saturated heterocycles. The van der Waals surface area contributed by atoms with Gasteiger partial charge in [0.1, 0.15) is 5.52 Å². The summed E-state index contributed by atoms with van der Waals surface area (Å²) in [4.78, 5) is 17.7. The molecule has 7 nitrogen and oxygen atoms in total. The number of pyridine rings is 2. The third-order valence-corrected chi connectivity index (χ3v) is 6.83. The Bertz CT molecular complexity index is 1840. The highest BCUT2D eigenvalue weighted by Crippen LogP contribution is 2.31. The normalized spacial score (nSPS) is 12.3. The van der Waals surface area contributed by atoms with Crippen LogP contribution in [-0.2, 0) is 6.54 Å². The van der Waals surface area contributed by atoms with Gasteiger partial charge in [-0.3, -0.25) is 10.1 Å². The molecule has 196 valence electrons. The summed E-state index contributed by atoms with van der Waals surface area (Å²) < 4.78 is 0. The Morgan fingerprint density at radius 2 is 1.82 bits per heavy atom. The molecule has 40 heavy (non-hydrogen) atoms. The van der Waals surface area contributed by atoms with E-state index >= 15 is 0 Å². The van der Waals surface area contributed by atoms with Crippen molar-refractivity contribution in [1.29, 1.82) is 0 Å². The lowest BCUT2D eigenvalue weighted by molar-refractivity contribution is 0.747. The maximum atomic E-state index is 5.02. The zero-order valence-electron chi connectivity index (χ0n) is 22.2. The molecule has 0 aliphatic heterocycles. The number of benzene rings is 2. The zero-order chi connectivity index (χ0) is 27.3. The maximum absolute atomic E-state index is 5.02. The second-order valence-electron chi connectivity index (χ2n) is 9.45. The SMILES string of the molecule is C=C/C(=C\C(=C/C)c1ccc2[nH]nc(-c3nc4c(-c5cccnc5)cccc4[nH]3)c2n1)CNCc1ccccc1. The van der Waals surface area contributed by atoms with Gasteiger partial charge in [0.15, 0.2) is 11.5 Å². The van der Waals surface area contributed by atoms with E-state index in [9.17, 15) is 0 Å². The van der Waals surface area contributed by atoms with Crippen LogP contribution in [0.15, 0.2) is 116 Å². The van der Waals surface area contributed by atoms with Gasteiger partial charge in [-0.2, -0.15) is 5.10 Å². The first kappa shape index (κ1) is 25.2. The maximum Gasteiger partial charge on any atom is 0.161 e. The number of fused-ring (bicyclic) bond motifs is 2. The van der Waals surface area contributed by atoms with Crippen LogP contribution < -0.4 is 5.32 Å². The monoisotopic (exact) mass is 523 g/mol. The summed E-state index contributed by atoms with van der Waals surface area (Å²) in [6.07, 6.45) is 9.70. The van der Waals surface area contributed by atoms with Crippen LogP contribution in [0.2, 0.25) is 0 Å². The minimum Gasteiger partial charge on any atom is -0.336 e. The lowest BCUT2D eigenvalue weighted by atomic mass is 10.1. The molecule has 3 N–H and O–H groups in total. The van der Waals surface area contributed by atoms with Crippen molar-refractivity contribution in [3.63, 3.8) is 0 Å². The third-order valence-electron chi connectivity index (χ3n) is 6.83. The highest BCUT2D eigenvalue weighted by atomic mass is 15.1. The van der Waals surface area contributed by atoms with Gasteiger partial charge in [0.2, 0.25) is 0 Å². The molecule has 0 radical (unpaired) electrons. The summed E-state index contributed by atoms with van der Waals surface area (Å²) in [6.45, 7) is 7.54. The second-order valence-corrected chi connectivity index (χ2v) is 9.45. The number of hydrogen-bond donors (Lipinski definition) is 3. The van der Waals surface area contributed by atoms with Crippen molar-refractivity contribution >= 4 is 27.6 Å². The molecule has 0 aliphatic carbocycles. The Hall–Kier alpha value is -5.14. The average molecular weight is 524 g/mol. The number of aromatic nitrogens is 6. The molecule has 0 spiro atoms. The van der Waals surface area contributed by atoms with Gasteiger partial charge in [-0.15, -0.1) is 0 Å². The molecule has 2 aromatic carbocycles. The molecular weight excluding hydrogens is 494 g/mol. The fraction of sp³-hybridized carbons (Fsp3) is 0.0909. The summed E-state index contributed by atoms with van der Waals surface area (Å²) in [5.41, 5.74) is 10.3. The third kappa shape index (κ3) is 5.10. The van der Waals surface area contributed by atoms with Crippen LogP contribution in [-0.4, -0.2) is 36.7 Å². The molecule has 0 bridgehead atoms. The number of imidazole rings is 1. The number of aromatic amines is 2. The summed E-state index contributed by atoms with van der Waals surface area (Å²) >= 11 is 0. The molecule has 0 aliphatic rings. The van der Waals surface area contributed by atoms with Crippen LogP contribution in [0, 0.1) is 0 Å². The van der Waals surface area contributed by atoms with Gasteiger partial charge in [0.25, 0.3) is 0 Å². The van der Waals surface area contributed by atoms with Crippen molar-refractivity contribution in [2.45, 2.75) is 13.5 Å². The fourth-order valence-corrected chi connectivity index (χ4v) is 4.76. The van der Waals surface area contributed by atoms with Crippen LogP contribution in [0.25, 0.3) is 50.3 Å². The average Bonchev–Trinajstić information content (AvgIpc) is 3.63. The standard InChI is InChI=1S/C33H29N7/c1-3-22(19-35-20-23-10-6-5-7-11-23)18-24(4-2)27-15-16-29-31(36-27)32(40-39-29)33-37-28-14-8-13-26(30(28)38-33)25-12-9-17-34-21-25/h3-18,21,35H,1,19-20H2,2H3,(H,37,38)(H,39,40)/b22-18+,24-4+. The van der Waals surface area contributed by atoms with Crippen LogP contribution in [0.5, 0.6) is 0 Å². The van der Waals surface area contributed by atoms with E-state index in [0.717, 1.165) is 56.6 Å². The van der Waals surface area contributed by atoms with E-state index in [2.05, 4.69) is 74.5 Å². The Morgan fingerprint density at radius 3 is 2.62 bits per heavy atom. The molecule has 0 fully saturated rings. The van der Waals surface area contributed by atoms with Crippen molar-refractivity contribution in [1.82, 2.24) is 35.5 Å². The largest absolute Gasteiger partial charge is 0.336 e. The van der Waals surface area contributed by atoms with Crippen molar-refractivity contribution in [3.8, 4) is 22.6 Å². The lowest BCUT2D eigenvalue weighted by Gasteiger charge is -2.08. The van der Waals surface area contributed by atoms with E-state index in [4.69, 9.17) is 9.97 Å². The minimum atomic E-state index is 0.664. The number of para-hydroxylation sites is 1. The number of rotatable bonds is 9. The van der Waals surface area contributed by atoms with Gasteiger partial charge in [-0.05, 0) is 54.0 Å². The highest BCUT2D eigenvalue weighted by molar-refractivity contribution is 5.96. The summed E-state index contributed by atoms with van der Waals surface area (Å²) in [5, 5.41) is 11.2. The number of nitrogens with one attached hydrogen (secondary N) is 3. The summed E-state index contributed by atoms with van der Waals surface area (Å²) in [5.74, 6) is 0.664. The van der Waals surface area contributed by atoms with Crippen LogP contribution >= 0.6 is 0 Å². The van der Waals surface area contributed by atoms with Crippen molar-refractivity contribution in [3.05, 3.63) is 127 Å².